The molecule has 0 bridgehead atoms. The predicted octanol–water partition coefficient (Wildman–Crippen LogP) is 10.5. The minimum Gasteiger partial charge on any atom is -0.490 e. The van der Waals surface area contributed by atoms with E-state index in [-0.39, 0.29) is 5.97 Å². The SMILES string of the molecule is Cc1c(C)c2c(c(C)c1OC(=O)CCCC[C@@H]1CCSS1)CC[C@@H](CCCCCCCCCCC(C)C)O2. The average Bonchev–Trinajstić information content (AvgIpc) is 3.42. The molecule has 2 heterocycles. The fourth-order valence-corrected chi connectivity index (χ4v) is 8.89. The summed E-state index contributed by atoms with van der Waals surface area (Å²) in [4.78, 5) is 12.7. The second-order valence-corrected chi connectivity index (χ2v) is 14.9. The molecule has 38 heavy (non-hydrogen) atoms. The van der Waals surface area contributed by atoms with Crippen LogP contribution in [0, 0.1) is 26.7 Å². The van der Waals surface area contributed by atoms with E-state index in [9.17, 15) is 4.79 Å². The number of carbonyl (C=O) groups excluding carboxylic acids is 1. The maximum atomic E-state index is 12.7. The van der Waals surface area contributed by atoms with Gasteiger partial charge >= 0.3 is 5.97 Å². The highest BCUT2D eigenvalue weighted by molar-refractivity contribution is 8.77. The van der Waals surface area contributed by atoms with Gasteiger partial charge in [-0.05, 0) is 88.3 Å². The Morgan fingerprint density at radius 2 is 1.55 bits per heavy atom. The molecule has 216 valence electrons. The molecule has 2 atom stereocenters. The van der Waals surface area contributed by atoms with Gasteiger partial charge in [0.05, 0.1) is 6.10 Å². The van der Waals surface area contributed by atoms with E-state index >= 15 is 0 Å². The lowest BCUT2D eigenvalue weighted by Crippen LogP contribution is -2.24. The van der Waals surface area contributed by atoms with Crippen LogP contribution in [-0.4, -0.2) is 23.1 Å². The molecular formula is C33H54O3S2. The van der Waals surface area contributed by atoms with Crippen LogP contribution in [0.5, 0.6) is 11.5 Å². The molecule has 1 aromatic carbocycles. The maximum absolute atomic E-state index is 12.7. The van der Waals surface area contributed by atoms with E-state index in [2.05, 4.69) is 34.6 Å². The van der Waals surface area contributed by atoms with Gasteiger partial charge in [0.1, 0.15) is 11.5 Å². The summed E-state index contributed by atoms with van der Waals surface area (Å²) in [6, 6.07) is 0. The Morgan fingerprint density at radius 3 is 2.24 bits per heavy atom. The quantitative estimate of drug-likeness (QED) is 0.0816. The third-order valence-electron chi connectivity index (χ3n) is 8.47. The minimum atomic E-state index is -0.0887. The van der Waals surface area contributed by atoms with Gasteiger partial charge in [-0.15, -0.1) is 0 Å². The van der Waals surface area contributed by atoms with Crippen molar-refractivity contribution in [3.8, 4) is 11.5 Å². The Hall–Kier alpha value is -0.810. The summed E-state index contributed by atoms with van der Waals surface area (Å²) in [6.45, 7) is 11.0. The first kappa shape index (κ1) is 31.7. The zero-order valence-electron chi connectivity index (χ0n) is 25.0. The fourth-order valence-electron chi connectivity index (χ4n) is 5.86. The number of hydrogen-bond donors (Lipinski definition) is 0. The summed E-state index contributed by atoms with van der Waals surface area (Å²) in [5.41, 5.74) is 4.55. The van der Waals surface area contributed by atoms with Gasteiger partial charge in [-0.2, -0.15) is 0 Å². The van der Waals surface area contributed by atoms with Crippen LogP contribution in [0.1, 0.15) is 139 Å². The highest BCUT2D eigenvalue weighted by atomic mass is 33.1. The van der Waals surface area contributed by atoms with E-state index in [0.717, 1.165) is 71.5 Å². The first-order valence-corrected chi connectivity index (χ1v) is 18.0. The number of ether oxygens (including phenoxy) is 2. The molecule has 3 nitrogen and oxygen atoms in total. The molecule has 2 aliphatic heterocycles. The Labute approximate surface area is 241 Å². The molecule has 5 heteroatoms. The van der Waals surface area contributed by atoms with E-state index in [0.29, 0.717) is 12.5 Å². The van der Waals surface area contributed by atoms with Crippen LogP contribution in [-0.2, 0) is 11.2 Å². The summed E-state index contributed by atoms with van der Waals surface area (Å²) < 4.78 is 12.5. The van der Waals surface area contributed by atoms with Crippen molar-refractivity contribution in [1.82, 2.24) is 0 Å². The Morgan fingerprint density at radius 1 is 0.868 bits per heavy atom. The third-order valence-corrected chi connectivity index (χ3v) is 11.5. The van der Waals surface area contributed by atoms with Crippen molar-refractivity contribution in [2.45, 2.75) is 155 Å². The van der Waals surface area contributed by atoms with Crippen molar-refractivity contribution in [3.63, 3.8) is 0 Å². The minimum absolute atomic E-state index is 0.0887. The number of benzene rings is 1. The van der Waals surface area contributed by atoms with E-state index in [1.807, 2.05) is 21.6 Å². The number of rotatable bonds is 17. The topological polar surface area (TPSA) is 35.5 Å². The van der Waals surface area contributed by atoms with Gasteiger partial charge < -0.3 is 9.47 Å². The molecule has 2 aliphatic rings. The van der Waals surface area contributed by atoms with Crippen molar-refractivity contribution in [2.75, 3.05) is 5.75 Å². The van der Waals surface area contributed by atoms with Crippen LogP contribution in [0.15, 0.2) is 0 Å². The lowest BCUT2D eigenvalue weighted by Gasteiger charge is -2.30. The number of unbranched alkanes of at least 4 members (excludes halogenated alkanes) is 8. The second-order valence-electron chi connectivity index (χ2n) is 12.1. The van der Waals surface area contributed by atoms with Gasteiger partial charge in [0, 0.05) is 23.0 Å². The van der Waals surface area contributed by atoms with Crippen LogP contribution in [0.2, 0.25) is 0 Å². The van der Waals surface area contributed by atoms with Crippen molar-refractivity contribution in [3.05, 3.63) is 22.3 Å². The predicted molar refractivity (Wildman–Crippen MR) is 167 cm³/mol. The molecule has 0 spiro atoms. The lowest BCUT2D eigenvalue weighted by atomic mass is 9.90. The molecule has 1 aromatic rings. The maximum Gasteiger partial charge on any atom is 0.311 e. The van der Waals surface area contributed by atoms with Gasteiger partial charge in [-0.3, -0.25) is 4.79 Å². The van der Waals surface area contributed by atoms with Crippen LogP contribution >= 0.6 is 21.6 Å². The molecule has 0 N–H and O–H groups in total. The molecule has 0 radical (unpaired) electrons. The molecule has 1 fully saturated rings. The summed E-state index contributed by atoms with van der Waals surface area (Å²) in [7, 11) is 4.01. The molecule has 0 aromatic heterocycles. The largest absolute Gasteiger partial charge is 0.490 e. The monoisotopic (exact) mass is 562 g/mol. The Balaban J connectivity index is 1.38. The van der Waals surface area contributed by atoms with Crippen molar-refractivity contribution in [2.24, 2.45) is 5.92 Å². The smallest absolute Gasteiger partial charge is 0.311 e. The Kier molecular flexibility index (Phi) is 14.3. The van der Waals surface area contributed by atoms with Crippen LogP contribution in [0.3, 0.4) is 0 Å². The first-order chi connectivity index (χ1) is 18.4. The van der Waals surface area contributed by atoms with Gasteiger partial charge in [-0.25, -0.2) is 0 Å². The van der Waals surface area contributed by atoms with Crippen molar-refractivity contribution in [1.29, 1.82) is 0 Å². The Bertz CT molecular complexity index is 861. The zero-order valence-corrected chi connectivity index (χ0v) is 26.6. The standard InChI is InChI=1S/C33H54O3S2/c1-24(2)16-12-10-8-6-7-9-11-13-17-28-20-21-30-27(5)32(25(3)26(4)33(30)35-28)36-31(34)19-15-14-18-29-22-23-37-38-29/h24,28-29H,6-23H2,1-5H3/t28-,29-/m1/s1. The van der Waals surface area contributed by atoms with Gasteiger partial charge in [-0.1, -0.05) is 93.2 Å². The van der Waals surface area contributed by atoms with Gasteiger partial charge in [0.25, 0.3) is 0 Å². The van der Waals surface area contributed by atoms with Crippen LogP contribution in [0.25, 0.3) is 0 Å². The molecule has 3 rings (SSSR count). The lowest BCUT2D eigenvalue weighted by molar-refractivity contribution is -0.134. The van der Waals surface area contributed by atoms with E-state index < -0.39 is 0 Å². The number of hydrogen-bond acceptors (Lipinski definition) is 5. The highest BCUT2D eigenvalue weighted by Crippen LogP contribution is 2.42. The zero-order chi connectivity index (χ0) is 27.3. The average molecular weight is 563 g/mol. The molecule has 0 amide bonds. The summed E-state index contributed by atoms with van der Waals surface area (Å²) in [5, 5.41) is 0.780. The van der Waals surface area contributed by atoms with Crippen LogP contribution in [0.4, 0.5) is 0 Å². The van der Waals surface area contributed by atoms with Gasteiger partial charge in [0.2, 0.25) is 0 Å². The highest BCUT2D eigenvalue weighted by Gasteiger charge is 2.27. The van der Waals surface area contributed by atoms with E-state index in [1.54, 1.807) is 0 Å². The number of fused-ring (bicyclic) bond motifs is 1. The molecule has 1 saturated heterocycles. The normalized spacial score (nSPS) is 19.0. The number of esters is 1. The summed E-state index contributed by atoms with van der Waals surface area (Å²) >= 11 is 0. The fraction of sp³-hybridized carbons (Fsp3) is 0.788. The van der Waals surface area contributed by atoms with Gasteiger partial charge in [0.15, 0.2) is 0 Å². The summed E-state index contributed by atoms with van der Waals surface area (Å²) in [5.74, 6) is 3.88. The van der Waals surface area contributed by atoms with E-state index in [4.69, 9.17) is 9.47 Å². The summed E-state index contributed by atoms with van der Waals surface area (Å²) in [6.07, 6.45) is 21.0. The number of carbonyl (C=O) groups is 1. The van der Waals surface area contributed by atoms with Crippen molar-refractivity contribution < 1.29 is 14.3 Å². The molecular weight excluding hydrogens is 508 g/mol. The molecule has 0 unspecified atom stereocenters. The molecule has 0 saturated carbocycles. The third kappa shape index (κ3) is 10.3. The van der Waals surface area contributed by atoms with E-state index in [1.165, 1.54) is 81.9 Å². The second kappa shape index (κ2) is 17.1. The van der Waals surface area contributed by atoms with Crippen molar-refractivity contribution >= 4 is 27.6 Å². The van der Waals surface area contributed by atoms with Crippen LogP contribution < -0.4 is 9.47 Å². The first-order valence-electron chi connectivity index (χ1n) is 15.6. The molecule has 0 aliphatic carbocycles.